The van der Waals surface area contributed by atoms with Gasteiger partial charge in [-0.05, 0) is 60.1 Å². The Morgan fingerprint density at radius 1 is 1.12 bits per heavy atom. The molecule has 0 saturated heterocycles. The van der Waals surface area contributed by atoms with Crippen molar-refractivity contribution in [2.75, 3.05) is 19.0 Å². The average Bonchev–Trinajstić information content (AvgIpc) is 3.17. The molecule has 2 atom stereocenters. The molecule has 3 aliphatic rings. The molecule has 6 nitrogen and oxygen atoms in total. The highest BCUT2D eigenvalue weighted by atomic mass is 16.1. The number of anilines is 1. The van der Waals surface area contributed by atoms with Gasteiger partial charge in [-0.15, -0.1) is 0 Å². The maximum absolute atomic E-state index is 13.8. The second kappa shape index (κ2) is 7.90. The van der Waals surface area contributed by atoms with E-state index in [1.807, 2.05) is 38.2 Å². The number of carbonyl (C=O) groups is 1. The summed E-state index contributed by atoms with van der Waals surface area (Å²) in [5.74, 6) is 1.15. The standard InChI is InChI=1S/C28H33N5O/c1-7-28(20-10-8-9-18(13-20)19-11-12-29-23(14-19)33(5)6)24-17(2)31-32-26(24)30-21-15-27(3,4)16-22(34)25(21)28/h8-14,26,30H,7,15-16H2,1-6H3. The van der Waals surface area contributed by atoms with Gasteiger partial charge in [0.25, 0.3) is 0 Å². The van der Waals surface area contributed by atoms with Crippen LogP contribution in [0, 0.1) is 5.41 Å². The minimum Gasteiger partial charge on any atom is -0.363 e. The molecule has 176 valence electrons. The molecule has 1 aromatic carbocycles. The molecule has 0 radical (unpaired) electrons. The van der Waals surface area contributed by atoms with E-state index in [-0.39, 0.29) is 17.4 Å². The molecular weight excluding hydrogens is 422 g/mol. The average molecular weight is 456 g/mol. The number of pyridine rings is 1. The first kappa shape index (κ1) is 22.5. The lowest BCUT2D eigenvalue weighted by Gasteiger charge is -2.48. The monoisotopic (exact) mass is 455 g/mol. The quantitative estimate of drug-likeness (QED) is 0.635. The summed E-state index contributed by atoms with van der Waals surface area (Å²) in [6.45, 7) is 8.54. The number of benzene rings is 1. The van der Waals surface area contributed by atoms with Gasteiger partial charge in [0.15, 0.2) is 11.9 Å². The summed E-state index contributed by atoms with van der Waals surface area (Å²) in [6, 6.07) is 12.8. The molecule has 6 heteroatoms. The van der Waals surface area contributed by atoms with Crippen LogP contribution in [0.15, 0.2) is 75.4 Å². The van der Waals surface area contributed by atoms with Crippen LogP contribution in [0.25, 0.3) is 11.1 Å². The first-order chi connectivity index (χ1) is 16.2. The fourth-order valence-corrected chi connectivity index (χ4v) is 6.01. The molecule has 0 fully saturated rings. The number of ketones is 1. The summed E-state index contributed by atoms with van der Waals surface area (Å²) >= 11 is 0. The van der Waals surface area contributed by atoms with Crippen molar-refractivity contribution in [1.82, 2.24) is 10.3 Å². The van der Waals surface area contributed by atoms with E-state index in [0.717, 1.165) is 57.9 Å². The zero-order valence-electron chi connectivity index (χ0n) is 20.9. The molecule has 1 aliphatic carbocycles. The third kappa shape index (κ3) is 3.39. The number of rotatable bonds is 4. The number of nitrogens with one attached hydrogen (secondary N) is 1. The van der Waals surface area contributed by atoms with Crippen LogP contribution in [0.3, 0.4) is 0 Å². The Morgan fingerprint density at radius 3 is 2.62 bits per heavy atom. The van der Waals surface area contributed by atoms with E-state index in [9.17, 15) is 4.79 Å². The van der Waals surface area contributed by atoms with Crippen LogP contribution in [0.5, 0.6) is 0 Å². The molecule has 0 amide bonds. The highest BCUT2D eigenvalue weighted by molar-refractivity contribution is 6.01. The Balaban J connectivity index is 1.73. The van der Waals surface area contributed by atoms with Crippen LogP contribution in [-0.2, 0) is 10.2 Å². The third-order valence-corrected chi connectivity index (χ3v) is 7.48. The highest BCUT2D eigenvalue weighted by Crippen LogP contribution is 2.55. The van der Waals surface area contributed by atoms with Gasteiger partial charge in [-0.3, -0.25) is 4.79 Å². The van der Waals surface area contributed by atoms with Gasteiger partial charge >= 0.3 is 0 Å². The Labute approximate surface area is 201 Å². The molecule has 0 spiro atoms. The first-order valence-corrected chi connectivity index (χ1v) is 12.1. The van der Waals surface area contributed by atoms with E-state index < -0.39 is 5.41 Å². The normalized spacial score (nSPS) is 25.2. The lowest BCUT2D eigenvalue weighted by Crippen LogP contribution is -2.51. The van der Waals surface area contributed by atoms with E-state index >= 15 is 0 Å². The maximum Gasteiger partial charge on any atom is 0.165 e. The summed E-state index contributed by atoms with van der Waals surface area (Å²) in [6.07, 6.45) is 3.80. The van der Waals surface area contributed by atoms with Crippen LogP contribution in [0.4, 0.5) is 5.82 Å². The van der Waals surface area contributed by atoms with Crippen molar-refractivity contribution < 1.29 is 4.79 Å². The Bertz CT molecular complexity index is 1270. The van der Waals surface area contributed by atoms with Gasteiger partial charge in [0.2, 0.25) is 0 Å². The fourth-order valence-electron chi connectivity index (χ4n) is 6.01. The molecule has 2 aliphatic heterocycles. The van der Waals surface area contributed by atoms with Gasteiger partial charge in [-0.1, -0.05) is 39.0 Å². The number of Topliss-reactive ketones (excluding diaryl/α,β-unsaturated/α-hetero) is 1. The van der Waals surface area contributed by atoms with E-state index in [2.05, 4.69) is 71.6 Å². The predicted molar refractivity (Wildman–Crippen MR) is 135 cm³/mol. The summed E-state index contributed by atoms with van der Waals surface area (Å²) in [7, 11) is 3.99. The molecule has 1 N–H and O–H groups in total. The van der Waals surface area contributed by atoms with Gasteiger partial charge < -0.3 is 10.2 Å². The minimum atomic E-state index is -0.542. The first-order valence-electron chi connectivity index (χ1n) is 12.1. The third-order valence-electron chi connectivity index (χ3n) is 7.48. The molecule has 2 aromatic rings. The van der Waals surface area contributed by atoms with Gasteiger partial charge in [-0.2, -0.15) is 10.2 Å². The molecule has 2 unspecified atom stereocenters. The van der Waals surface area contributed by atoms with Gasteiger partial charge in [0, 0.05) is 43.6 Å². The van der Waals surface area contributed by atoms with Crippen LogP contribution < -0.4 is 10.2 Å². The summed E-state index contributed by atoms with van der Waals surface area (Å²) in [5, 5.41) is 12.6. The lowest BCUT2D eigenvalue weighted by atomic mass is 9.58. The SMILES string of the molecule is CCC1(c2cccc(-c3ccnc(N(C)C)c3)c2)C2=C(CC(C)(C)CC2=O)NC2N=NC(C)=C21. The van der Waals surface area contributed by atoms with Crippen LogP contribution in [0.2, 0.25) is 0 Å². The summed E-state index contributed by atoms with van der Waals surface area (Å²) in [5.41, 5.74) is 6.70. The lowest BCUT2D eigenvalue weighted by molar-refractivity contribution is -0.119. The molecule has 1 aromatic heterocycles. The van der Waals surface area contributed by atoms with Crippen molar-refractivity contribution in [2.24, 2.45) is 15.6 Å². The zero-order valence-corrected chi connectivity index (χ0v) is 20.9. The van der Waals surface area contributed by atoms with Crippen molar-refractivity contribution in [3.8, 4) is 11.1 Å². The van der Waals surface area contributed by atoms with Crippen molar-refractivity contribution in [3.05, 3.63) is 70.7 Å². The number of carbonyl (C=O) groups excluding carboxylic acids is 1. The van der Waals surface area contributed by atoms with Crippen LogP contribution in [-0.4, -0.2) is 31.0 Å². The second-order valence-corrected chi connectivity index (χ2v) is 10.7. The molecule has 34 heavy (non-hydrogen) atoms. The summed E-state index contributed by atoms with van der Waals surface area (Å²) < 4.78 is 0. The number of hydrogen-bond donors (Lipinski definition) is 1. The van der Waals surface area contributed by atoms with Crippen molar-refractivity contribution >= 4 is 11.6 Å². The van der Waals surface area contributed by atoms with Crippen LogP contribution >= 0.6 is 0 Å². The number of aromatic nitrogens is 1. The number of azo groups is 1. The molecule has 0 saturated carbocycles. The number of nitrogens with zero attached hydrogens (tertiary/aromatic N) is 4. The fraction of sp³-hybridized carbons (Fsp3) is 0.429. The van der Waals surface area contributed by atoms with E-state index in [0.29, 0.717) is 6.42 Å². The predicted octanol–water partition coefficient (Wildman–Crippen LogP) is 5.77. The van der Waals surface area contributed by atoms with Gasteiger partial charge in [0.1, 0.15) is 5.82 Å². The molecule has 3 heterocycles. The van der Waals surface area contributed by atoms with Crippen molar-refractivity contribution in [2.45, 2.75) is 58.5 Å². The highest BCUT2D eigenvalue weighted by Gasteiger charge is 2.53. The van der Waals surface area contributed by atoms with E-state index in [1.165, 1.54) is 0 Å². The minimum absolute atomic E-state index is 0.0735. The van der Waals surface area contributed by atoms with Gasteiger partial charge in [0.05, 0.1) is 11.1 Å². The Kier molecular flexibility index (Phi) is 5.23. The smallest absolute Gasteiger partial charge is 0.165 e. The Hall–Kier alpha value is -3.28. The topological polar surface area (TPSA) is 70.0 Å². The second-order valence-electron chi connectivity index (χ2n) is 10.7. The number of hydrogen-bond acceptors (Lipinski definition) is 6. The summed E-state index contributed by atoms with van der Waals surface area (Å²) in [4.78, 5) is 20.2. The molecule has 5 rings (SSSR count). The number of fused-ring (bicyclic) bond motifs is 1. The van der Waals surface area contributed by atoms with Gasteiger partial charge in [-0.25, -0.2) is 4.98 Å². The van der Waals surface area contributed by atoms with E-state index in [1.54, 1.807) is 0 Å². The molecule has 0 bridgehead atoms. The largest absolute Gasteiger partial charge is 0.363 e. The zero-order chi connectivity index (χ0) is 24.3. The molecular formula is C28H33N5O. The van der Waals surface area contributed by atoms with Crippen molar-refractivity contribution in [3.63, 3.8) is 0 Å². The Morgan fingerprint density at radius 2 is 1.88 bits per heavy atom. The van der Waals surface area contributed by atoms with Crippen molar-refractivity contribution in [1.29, 1.82) is 0 Å². The maximum atomic E-state index is 13.8. The van der Waals surface area contributed by atoms with E-state index in [4.69, 9.17) is 0 Å². The number of allylic oxidation sites excluding steroid dienone is 3. The van der Waals surface area contributed by atoms with Crippen LogP contribution in [0.1, 0.15) is 52.5 Å².